The van der Waals surface area contributed by atoms with Gasteiger partial charge in [0.1, 0.15) is 0 Å². The van der Waals surface area contributed by atoms with Gasteiger partial charge >= 0.3 is 0 Å². The third-order valence-electron chi connectivity index (χ3n) is 4.71. The van der Waals surface area contributed by atoms with Gasteiger partial charge in [-0.15, -0.1) is 0 Å². The van der Waals surface area contributed by atoms with Crippen LogP contribution in [0.2, 0.25) is 0 Å². The Bertz CT molecular complexity index is 221. The quantitative estimate of drug-likeness (QED) is 0.768. The Morgan fingerprint density at radius 1 is 1.19 bits per heavy atom. The largest absolute Gasteiger partial charge is 0.329 e. The second-order valence-electron chi connectivity index (χ2n) is 5.77. The van der Waals surface area contributed by atoms with Gasteiger partial charge in [-0.2, -0.15) is 0 Å². The molecule has 0 saturated carbocycles. The van der Waals surface area contributed by atoms with E-state index in [0.717, 1.165) is 12.6 Å². The highest BCUT2D eigenvalue weighted by atomic mass is 15.3. The molecule has 0 radical (unpaired) electrons. The van der Waals surface area contributed by atoms with E-state index in [9.17, 15) is 0 Å². The van der Waals surface area contributed by atoms with Crippen LogP contribution in [0.25, 0.3) is 0 Å². The minimum absolute atomic E-state index is 0.312. The van der Waals surface area contributed by atoms with Crippen molar-refractivity contribution in [1.29, 1.82) is 0 Å². The second-order valence-corrected chi connectivity index (χ2v) is 5.77. The molecule has 0 aromatic rings. The Labute approximate surface area is 100.0 Å². The second kappa shape index (κ2) is 5.03. The van der Waals surface area contributed by atoms with Gasteiger partial charge in [-0.05, 0) is 59.3 Å². The number of hydrogen-bond donors (Lipinski definition) is 1. The number of likely N-dealkylation sites (tertiary alicyclic amines) is 2. The van der Waals surface area contributed by atoms with E-state index in [1.54, 1.807) is 0 Å². The van der Waals surface area contributed by atoms with Gasteiger partial charge in [0.15, 0.2) is 0 Å². The monoisotopic (exact) mass is 225 g/mol. The Morgan fingerprint density at radius 2 is 1.88 bits per heavy atom. The lowest BCUT2D eigenvalue weighted by Gasteiger charge is -2.52. The molecule has 0 aliphatic carbocycles. The molecule has 3 nitrogen and oxygen atoms in total. The summed E-state index contributed by atoms with van der Waals surface area (Å²) in [6, 6.07) is 0.737. The SMILES string of the molecule is CC1CCCCN1C1(CN)CCN(C)CC1. The maximum atomic E-state index is 6.12. The lowest BCUT2D eigenvalue weighted by atomic mass is 9.82. The molecule has 3 heteroatoms. The minimum Gasteiger partial charge on any atom is -0.329 e. The highest BCUT2D eigenvalue weighted by Gasteiger charge is 2.40. The third kappa shape index (κ3) is 2.27. The normalized spacial score (nSPS) is 32.8. The summed E-state index contributed by atoms with van der Waals surface area (Å²) in [7, 11) is 2.22. The van der Waals surface area contributed by atoms with Gasteiger partial charge in [0.2, 0.25) is 0 Å². The van der Waals surface area contributed by atoms with Gasteiger partial charge in [0.25, 0.3) is 0 Å². The van der Waals surface area contributed by atoms with E-state index in [1.807, 2.05) is 0 Å². The first-order chi connectivity index (χ1) is 7.68. The molecule has 0 aromatic heterocycles. The van der Waals surface area contributed by atoms with Gasteiger partial charge in [-0.1, -0.05) is 6.42 Å². The smallest absolute Gasteiger partial charge is 0.0358 e. The highest BCUT2D eigenvalue weighted by Crippen LogP contribution is 2.33. The molecule has 2 fully saturated rings. The van der Waals surface area contributed by atoms with Crippen molar-refractivity contribution >= 4 is 0 Å². The summed E-state index contributed by atoms with van der Waals surface area (Å²) in [6.07, 6.45) is 6.63. The summed E-state index contributed by atoms with van der Waals surface area (Å²) in [4.78, 5) is 5.16. The third-order valence-corrected chi connectivity index (χ3v) is 4.71. The zero-order valence-corrected chi connectivity index (χ0v) is 10.9. The molecule has 2 rings (SSSR count). The molecule has 2 saturated heterocycles. The number of hydrogen-bond acceptors (Lipinski definition) is 3. The molecule has 1 unspecified atom stereocenters. The molecule has 0 spiro atoms. The van der Waals surface area contributed by atoms with E-state index < -0.39 is 0 Å². The van der Waals surface area contributed by atoms with Crippen molar-refractivity contribution in [3.05, 3.63) is 0 Å². The van der Waals surface area contributed by atoms with Crippen molar-refractivity contribution in [2.75, 3.05) is 33.2 Å². The zero-order chi connectivity index (χ0) is 11.6. The van der Waals surface area contributed by atoms with E-state index in [1.165, 1.54) is 51.7 Å². The van der Waals surface area contributed by atoms with Crippen molar-refractivity contribution in [2.24, 2.45) is 5.73 Å². The topological polar surface area (TPSA) is 32.5 Å². The maximum absolute atomic E-state index is 6.12. The molecular weight excluding hydrogens is 198 g/mol. The summed E-state index contributed by atoms with van der Waals surface area (Å²) in [5, 5.41) is 0. The van der Waals surface area contributed by atoms with Crippen LogP contribution >= 0.6 is 0 Å². The maximum Gasteiger partial charge on any atom is 0.0358 e. The molecule has 0 amide bonds. The fourth-order valence-electron chi connectivity index (χ4n) is 3.45. The van der Waals surface area contributed by atoms with Crippen molar-refractivity contribution < 1.29 is 0 Å². The van der Waals surface area contributed by atoms with Crippen LogP contribution in [0.1, 0.15) is 39.0 Å². The molecule has 0 aromatic carbocycles. The molecule has 2 aliphatic rings. The van der Waals surface area contributed by atoms with Crippen LogP contribution in [0.3, 0.4) is 0 Å². The van der Waals surface area contributed by atoms with Gasteiger partial charge < -0.3 is 10.6 Å². The van der Waals surface area contributed by atoms with Crippen LogP contribution in [0.4, 0.5) is 0 Å². The number of piperidine rings is 2. The summed E-state index contributed by atoms with van der Waals surface area (Å²) < 4.78 is 0. The Balaban J connectivity index is 2.07. The van der Waals surface area contributed by atoms with Crippen LogP contribution in [0, 0.1) is 0 Å². The lowest BCUT2D eigenvalue weighted by molar-refractivity contribution is -0.0105. The standard InChI is InChI=1S/C13H27N3/c1-12-5-3-4-8-16(12)13(11-14)6-9-15(2)10-7-13/h12H,3-11,14H2,1-2H3. The highest BCUT2D eigenvalue weighted by molar-refractivity contribution is 4.98. The first kappa shape index (κ1) is 12.3. The molecular formula is C13H27N3. The fourth-order valence-corrected chi connectivity index (χ4v) is 3.45. The molecule has 2 heterocycles. The first-order valence-electron chi connectivity index (χ1n) is 6.83. The van der Waals surface area contributed by atoms with Gasteiger partial charge in [0.05, 0.1) is 0 Å². The van der Waals surface area contributed by atoms with Crippen LogP contribution in [-0.4, -0.2) is 54.6 Å². The average Bonchev–Trinajstić information content (AvgIpc) is 2.32. The molecule has 94 valence electrons. The summed E-state index contributed by atoms with van der Waals surface area (Å²) in [5.41, 5.74) is 6.43. The molecule has 2 aliphatic heterocycles. The van der Waals surface area contributed by atoms with Crippen molar-refractivity contribution in [2.45, 2.75) is 50.6 Å². The van der Waals surface area contributed by atoms with E-state index in [4.69, 9.17) is 5.73 Å². The average molecular weight is 225 g/mol. The van der Waals surface area contributed by atoms with Crippen LogP contribution in [-0.2, 0) is 0 Å². The minimum atomic E-state index is 0.312. The first-order valence-corrected chi connectivity index (χ1v) is 6.83. The fraction of sp³-hybridized carbons (Fsp3) is 1.00. The van der Waals surface area contributed by atoms with E-state index in [0.29, 0.717) is 5.54 Å². The molecule has 0 bridgehead atoms. The number of rotatable bonds is 2. The molecule has 16 heavy (non-hydrogen) atoms. The van der Waals surface area contributed by atoms with E-state index in [-0.39, 0.29) is 0 Å². The summed E-state index contributed by atoms with van der Waals surface area (Å²) >= 11 is 0. The van der Waals surface area contributed by atoms with Crippen molar-refractivity contribution in [3.63, 3.8) is 0 Å². The molecule has 2 N–H and O–H groups in total. The Hall–Kier alpha value is -0.120. The Kier molecular flexibility index (Phi) is 3.88. The zero-order valence-electron chi connectivity index (χ0n) is 10.9. The number of nitrogens with zero attached hydrogens (tertiary/aromatic N) is 2. The van der Waals surface area contributed by atoms with Gasteiger partial charge in [-0.25, -0.2) is 0 Å². The van der Waals surface area contributed by atoms with Gasteiger partial charge in [0, 0.05) is 18.1 Å². The van der Waals surface area contributed by atoms with Crippen molar-refractivity contribution in [3.8, 4) is 0 Å². The van der Waals surface area contributed by atoms with Gasteiger partial charge in [-0.3, -0.25) is 4.90 Å². The predicted octanol–water partition coefficient (Wildman–Crippen LogP) is 1.28. The van der Waals surface area contributed by atoms with E-state index >= 15 is 0 Å². The summed E-state index contributed by atoms with van der Waals surface area (Å²) in [5.74, 6) is 0. The van der Waals surface area contributed by atoms with Crippen LogP contribution in [0.15, 0.2) is 0 Å². The van der Waals surface area contributed by atoms with Crippen LogP contribution < -0.4 is 5.73 Å². The predicted molar refractivity (Wildman–Crippen MR) is 68.5 cm³/mol. The Morgan fingerprint density at radius 3 is 2.44 bits per heavy atom. The number of nitrogens with two attached hydrogens (primary N) is 1. The van der Waals surface area contributed by atoms with E-state index in [2.05, 4.69) is 23.8 Å². The van der Waals surface area contributed by atoms with Crippen LogP contribution in [0.5, 0.6) is 0 Å². The molecule has 1 atom stereocenters. The summed E-state index contributed by atoms with van der Waals surface area (Å²) in [6.45, 7) is 6.91. The lowest BCUT2D eigenvalue weighted by Crippen LogP contribution is -2.62. The van der Waals surface area contributed by atoms with Crippen molar-refractivity contribution in [1.82, 2.24) is 9.80 Å².